The van der Waals surface area contributed by atoms with Crippen LogP contribution in [0.1, 0.15) is 36.4 Å². The van der Waals surface area contributed by atoms with Crippen LogP contribution < -0.4 is 10.6 Å². The molecule has 1 saturated heterocycles. The second-order valence-corrected chi connectivity index (χ2v) is 5.26. The zero-order valence-corrected chi connectivity index (χ0v) is 12.0. The molecular formula is C15H14F3N3O2. The molecule has 0 radical (unpaired) electrons. The normalized spacial score (nSPS) is 18.9. The first kappa shape index (κ1) is 16.8. The van der Waals surface area contributed by atoms with E-state index in [4.69, 9.17) is 5.26 Å². The number of carbonyl (C=O) groups is 2. The predicted molar refractivity (Wildman–Crippen MR) is 73.7 cm³/mol. The molecule has 0 bridgehead atoms. The molecule has 2 N–H and O–H groups in total. The first-order valence-electron chi connectivity index (χ1n) is 6.95. The summed E-state index contributed by atoms with van der Waals surface area (Å²) >= 11 is 0. The van der Waals surface area contributed by atoms with E-state index in [1.54, 1.807) is 6.07 Å². The average Bonchev–Trinajstić information content (AvgIpc) is 2.89. The maximum atomic E-state index is 12.7. The molecule has 2 rings (SSSR count). The van der Waals surface area contributed by atoms with Crippen LogP contribution in [0.2, 0.25) is 0 Å². The summed E-state index contributed by atoms with van der Waals surface area (Å²) in [5.41, 5.74) is -0.821. The summed E-state index contributed by atoms with van der Waals surface area (Å²) in [4.78, 5) is 23.0. The topological polar surface area (TPSA) is 82.0 Å². The molecule has 1 aliphatic heterocycles. The Bertz CT molecular complexity index is 652. The van der Waals surface area contributed by atoms with Crippen LogP contribution in [0.25, 0.3) is 0 Å². The number of hydrogen-bond acceptors (Lipinski definition) is 3. The first-order chi connectivity index (χ1) is 10.8. The molecule has 1 aliphatic rings. The number of carbonyl (C=O) groups excluding carboxylic acids is 2. The maximum Gasteiger partial charge on any atom is 0.416 e. The van der Waals surface area contributed by atoms with Crippen molar-refractivity contribution in [2.75, 3.05) is 0 Å². The summed E-state index contributed by atoms with van der Waals surface area (Å²) in [5, 5.41) is 14.1. The van der Waals surface area contributed by atoms with Crippen molar-refractivity contribution in [1.29, 1.82) is 5.26 Å². The van der Waals surface area contributed by atoms with Gasteiger partial charge < -0.3 is 10.6 Å². The third-order valence-corrected chi connectivity index (χ3v) is 3.50. The van der Waals surface area contributed by atoms with Crippen LogP contribution in [0.15, 0.2) is 24.3 Å². The highest BCUT2D eigenvalue weighted by atomic mass is 19.4. The summed E-state index contributed by atoms with van der Waals surface area (Å²) in [5.74, 6) is -0.640. The Labute approximate surface area is 130 Å². The number of alkyl halides is 3. The SMILES string of the molecule is N#CC(NC(=O)CC1CCC(=O)N1)c1cccc(C(F)(F)F)c1. The molecule has 8 heteroatoms. The maximum absolute atomic E-state index is 12.7. The van der Waals surface area contributed by atoms with Gasteiger partial charge in [0.25, 0.3) is 0 Å². The Hall–Kier alpha value is -2.56. The van der Waals surface area contributed by atoms with Gasteiger partial charge in [-0.15, -0.1) is 0 Å². The molecule has 2 unspecified atom stereocenters. The molecule has 1 aromatic carbocycles. The number of halogens is 3. The van der Waals surface area contributed by atoms with Crippen LogP contribution in [0, 0.1) is 11.3 Å². The minimum absolute atomic E-state index is 0.0110. The highest BCUT2D eigenvalue weighted by Crippen LogP contribution is 2.30. The van der Waals surface area contributed by atoms with Gasteiger partial charge in [0.05, 0.1) is 11.6 Å². The molecule has 0 aliphatic carbocycles. The van der Waals surface area contributed by atoms with Crippen LogP contribution in [-0.2, 0) is 15.8 Å². The van der Waals surface area contributed by atoms with E-state index >= 15 is 0 Å². The molecule has 122 valence electrons. The molecule has 1 fully saturated rings. The number of hydrogen-bond donors (Lipinski definition) is 2. The average molecular weight is 325 g/mol. The fourth-order valence-corrected chi connectivity index (χ4v) is 2.36. The van der Waals surface area contributed by atoms with Crippen molar-refractivity contribution in [2.24, 2.45) is 0 Å². The van der Waals surface area contributed by atoms with Crippen molar-refractivity contribution in [1.82, 2.24) is 10.6 Å². The van der Waals surface area contributed by atoms with Crippen LogP contribution >= 0.6 is 0 Å². The molecule has 0 saturated carbocycles. The number of benzene rings is 1. The lowest BCUT2D eigenvalue weighted by Gasteiger charge is -2.16. The van der Waals surface area contributed by atoms with Crippen molar-refractivity contribution in [3.8, 4) is 6.07 Å². The van der Waals surface area contributed by atoms with Gasteiger partial charge >= 0.3 is 6.18 Å². The molecule has 0 aromatic heterocycles. The minimum Gasteiger partial charge on any atom is -0.353 e. The van der Waals surface area contributed by atoms with Crippen molar-refractivity contribution < 1.29 is 22.8 Å². The van der Waals surface area contributed by atoms with Gasteiger partial charge in [-0.1, -0.05) is 12.1 Å². The summed E-state index contributed by atoms with van der Waals surface area (Å²) in [6.45, 7) is 0. The van der Waals surface area contributed by atoms with E-state index in [0.717, 1.165) is 12.1 Å². The van der Waals surface area contributed by atoms with Gasteiger partial charge in [0, 0.05) is 18.9 Å². The van der Waals surface area contributed by atoms with E-state index in [1.165, 1.54) is 12.1 Å². The predicted octanol–water partition coefficient (Wildman–Crippen LogP) is 2.05. The van der Waals surface area contributed by atoms with E-state index in [-0.39, 0.29) is 23.9 Å². The summed E-state index contributed by atoms with van der Waals surface area (Å²) in [6.07, 6.45) is -3.67. The van der Waals surface area contributed by atoms with Gasteiger partial charge in [-0.25, -0.2) is 0 Å². The lowest BCUT2D eigenvalue weighted by atomic mass is 10.0. The monoisotopic (exact) mass is 325 g/mol. The van der Waals surface area contributed by atoms with Gasteiger partial charge in [-0.2, -0.15) is 18.4 Å². The van der Waals surface area contributed by atoms with Crippen LogP contribution in [0.3, 0.4) is 0 Å². The molecule has 2 amide bonds. The quantitative estimate of drug-likeness (QED) is 0.889. The third-order valence-electron chi connectivity index (χ3n) is 3.50. The molecule has 2 atom stereocenters. The fourth-order valence-electron chi connectivity index (χ4n) is 2.36. The van der Waals surface area contributed by atoms with Crippen molar-refractivity contribution in [2.45, 2.75) is 37.5 Å². The number of nitriles is 1. The Morgan fingerprint density at radius 3 is 2.78 bits per heavy atom. The summed E-state index contributed by atoms with van der Waals surface area (Å²) in [7, 11) is 0. The molecule has 1 heterocycles. The van der Waals surface area contributed by atoms with Crippen LogP contribution in [0.4, 0.5) is 13.2 Å². The molecular weight excluding hydrogens is 311 g/mol. The number of rotatable bonds is 4. The van der Waals surface area contributed by atoms with E-state index in [9.17, 15) is 22.8 Å². The van der Waals surface area contributed by atoms with Crippen LogP contribution in [0.5, 0.6) is 0 Å². The minimum atomic E-state index is -4.52. The Kier molecular flexibility index (Phi) is 4.89. The Morgan fingerprint density at radius 1 is 1.48 bits per heavy atom. The second kappa shape index (κ2) is 6.69. The van der Waals surface area contributed by atoms with E-state index in [1.807, 2.05) is 0 Å². The Balaban J connectivity index is 2.04. The summed E-state index contributed by atoms with van der Waals surface area (Å²) in [6, 6.07) is 4.56. The molecule has 0 spiro atoms. The summed E-state index contributed by atoms with van der Waals surface area (Å²) < 4.78 is 38.1. The lowest BCUT2D eigenvalue weighted by Crippen LogP contribution is -2.34. The number of nitrogens with zero attached hydrogens (tertiary/aromatic N) is 1. The molecule has 1 aromatic rings. The lowest BCUT2D eigenvalue weighted by molar-refractivity contribution is -0.137. The van der Waals surface area contributed by atoms with Gasteiger partial charge in [0.15, 0.2) is 0 Å². The highest BCUT2D eigenvalue weighted by molar-refractivity contribution is 5.82. The first-order valence-corrected chi connectivity index (χ1v) is 6.95. The van der Waals surface area contributed by atoms with Gasteiger partial charge in [0.2, 0.25) is 11.8 Å². The van der Waals surface area contributed by atoms with E-state index < -0.39 is 23.7 Å². The van der Waals surface area contributed by atoms with Crippen molar-refractivity contribution in [3.63, 3.8) is 0 Å². The fraction of sp³-hybridized carbons (Fsp3) is 0.400. The van der Waals surface area contributed by atoms with Crippen molar-refractivity contribution >= 4 is 11.8 Å². The smallest absolute Gasteiger partial charge is 0.353 e. The number of amides is 2. The van der Waals surface area contributed by atoms with E-state index in [0.29, 0.717) is 12.8 Å². The zero-order chi connectivity index (χ0) is 17.0. The standard InChI is InChI=1S/C15H14F3N3O2/c16-15(17,18)10-3-1-2-9(6-10)12(8-19)21-14(23)7-11-4-5-13(22)20-11/h1-3,6,11-12H,4-5,7H2,(H,20,22)(H,21,23). The van der Waals surface area contributed by atoms with Gasteiger partial charge in [-0.05, 0) is 24.1 Å². The van der Waals surface area contributed by atoms with Gasteiger partial charge in [0.1, 0.15) is 6.04 Å². The second-order valence-electron chi connectivity index (χ2n) is 5.26. The zero-order valence-electron chi connectivity index (χ0n) is 12.0. The molecule has 5 nitrogen and oxygen atoms in total. The van der Waals surface area contributed by atoms with Crippen molar-refractivity contribution in [3.05, 3.63) is 35.4 Å². The van der Waals surface area contributed by atoms with Gasteiger partial charge in [-0.3, -0.25) is 9.59 Å². The van der Waals surface area contributed by atoms with E-state index in [2.05, 4.69) is 10.6 Å². The third kappa shape index (κ3) is 4.45. The largest absolute Gasteiger partial charge is 0.416 e. The number of nitrogens with one attached hydrogen (secondary N) is 2. The highest BCUT2D eigenvalue weighted by Gasteiger charge is 2.31. The van der Waals surface area contributed by atoms with Crippen LogP contribution in [-0.4, -0.2) is 17.9 Å². The molecule has 23 heavy (non-hydrogen) atoms. The Morgan fingerprint density at radius 2 is 2.22 bits per heavy atom.